The van der Waals surface area contributed by atoms with Crippen molar-refractivity contribution in [3.63, 3.8) is 0 Å². The minimum atomic E-state index is -1.07. The van der Waals surface area contributed by atoms with E-state index in [-0.39, 0.29) is 12.3 Å². The van der Waals surface area contributed by atoms with Crippen molar-refractivity contribution in [2.24, 2.45) is 0 Å². The molecule has 1 aliphatic carbocycles. The SMILES string of the molecule is Cc1nc(CCC(=O)NC2(C(=O)O)CCC2)oc1-c1ccccc1. The number of hydrogen-bond acceptors (Lipinski definition) is 4. The van der Waals surface area contributed by atoms with Gasteiger partial charge in [0.15, 0.2) is 11.7 Å². The Morgan fingerprint density at radius 1 is 1.29 bits per heavy atom. The fraction of sp³-hybridized carbons (Fsp3) is 0.389. The zero-order chi connectivity index (χ0) is 17.2. The van der Waals surface area contributed by atoms with Gasteiger partial charge in [-0.1, -0.05) is 30.3 Å². The van der Waals surface area contributed by atoms with Crippen LogP contribution in [0.1, 0.15) is 37.3 Å². The lowest BCUT2D eigenvalue weighted by molar-refractivity contribution is -0.151. The van der Waals surface area contributed by atoms with Gasteiger partial charge in [-0.3, -0.25) is 4.79 Å². The third kappa shape index (κ3) is 3.18. The van der Waals surface area contributed by atoms with E-state index in [0.717, 1.165) is 17.7 Å². The van der Waals surface area contributed by atoms with Crippen LogP contribution in [0.25, 0.3) is 11.3 Å². The molecule has 1 heterocycles. The van der Waals surface area contributed by atoms with Gasteiger partial charge in [0.05, 0.1) is 5.69 Å². The lowest BCUT2D eigenvalue weighted by Crippen LogP contribution is -2.59. The number of aryl methyl sites for hydroxylation is 2. The normalized spacial score (nSPS) is 15.5. The van der Waals surface area contributed by atoms with Gasteiger partial charge in [0.1, 0.15) is 5.54 Å². The van der Waals surface area contributed by atoms with E-state index in [9.17, 15) is 14.7 Å². The summed E-state index contributed by atoms with van der Waals surface area (Å²) in [5.41, 5.74) is 0.647. The van der Waals surface area contributed by atoms with Gasteiger partial charge in [0.2, 0.25) is 5.91 Å². The highest BCUT2D eigenvalue weighted by molar-refractivity contribution is 5.87. The Morgan fingerprint density at radius 2 is 2.00 bits per heavy atom. The fourth-order valence-electron chi connectivity index (χ4n) is 2.89. The van der Waals surface area contributed by atoms with Crippen LogP contribution in [0.2, 0.25) is 0 Å². The number of oxazole rings is 1. The van der Waals surface area contributed by atoms with Crippen LogP contribution in [0.4, 0.5) is 0 Å². The predicted molar refractivity (Wildman–Crippen MR) is 87.4 cm³/mol. The van der Waals surface area contributed by atoms with Gasteiger partial charge >= 0.3 is 5.97 Å². The van der Waals surface area contributed by atoms with Gasteiger partial charge in [-0.25, -0.2) is 9.78 Å². The van der Waals surface area contributed by atoms with Crippen molar-refractivity contribution in [3.05, 3.63) is 41.9 Å². The quantitative estimate of drug-likeness (QED) is 0.850. The fourth-order valence-corrected chi connectivity index (χ4v) is 2.89. The third-order valence-electron chi connectivity index (χ3n) is 4.44. The summed E-state index contributed by atoms with van der Waals surface area (Å²) in [6.07, 6.45) is 2.30. The monoisotopic (exact) mass is 328 g/mol. The van der Waals surface area contributed by atoms with Crippen LogP contribution >= 0.6 is 0 Å². The summed E-state index contributed by atoms with van der Waals surface area (Å²) in [5.74, 6) is -0.0545. The molecule has 2 N–H and O–H groups in total. The number of carboxylic acid groups (broad SMARTS) is 1. The number of benzene rings is 1. The van der Waals surface area contributed by atoms with Crippen molar-refractivity contribution < 1.29 is 19.1 Å². The van der Waals surface area contributed by atoms with E-state index in [4.69, 9.17) is 4.42 Å². The van der Waals surface area contributed by atoms with Gasteiger partial charge in [-0.2, -0.15) is 0 Å². The van der Waals surface area contributed by atoms with Gasteiger partial charge in [0, 0.05) is 18.4 Å². The summed E-state index contributed by atoms with van der Waals surface area (Å²) in [5, 5.41) is 11.9. The first-order valence-corrected chi connectivity index (χ1v) is 8.06. The zero-order valence-electron chi connectivity index (χ0n) is 13.5. The van der Waals surface area contributed by atoms with E-state index >= 15 is 0 Å². The molecule has 0 spiro atoms. The van der Waals surface area contributed by atoms with Crippen LogP contribution in [0.5, 0.6) is 0 Å². The molecule has 0 saturated heterocycles. The molecule has 1 fully saturated rings. The van der Waals surface area contributed by atoms with E-state index in [0.29, 0.717) is 30.9 Å². The maximum atomic E-state index is 12.0. The van der Waals surface area contributed by atoms with Crippen molar-refractivity contribution in [2.45, 2.75) is 44.6 Å². The number of amides is 1. The maximum absolute atomic E-state index is 12.0. The number of rotatable bonds is 6. The van der Waals surface area contributed by atoms with E-state index in [1.165, 1.54) is 0 Å². The highest BCUT2D eigenvalue weighted by Crippen LogP contribution is 2.32. The van der Waals surface area contributed by atoms with Crippen molar-refractivity contribution in [1.29, 1.82) is 0 Å². The smallest absolute Gasteiger partial charge is 0.329 e. The predicted octanol–water partition coefficient (Wildman–Crippen LogP) is 2.71. The summed E-state index contributed by atoms with van der Waals surface area (Å²) < 4.78 is 5.76. The van der Waals surface area contributed by atoms with Crippen LogP contribution in [0.3, 0.4) is 0 Å². The molecule has 1 aliphatic rings. The number of carbonyl (C=O) groups is 2. The van der Waals surface area contributed by atoms with Crippen molar-refractivity contribution >= 4 is 11.9 Å². The number of carbonyl (C=O) groups excluding carboxylic acids is 1. The van der Waals surface area contributed by atoms with E-state index in [2.05, 4.69) is 10.3 Å². The van der Waals surface area contributed by atoms with Crippen molar-refractivity contribution in [2.75, 3.05) is 0 Å². The Kier molecular flexibility index (Phi) is 4.38. The second kappa shape index (κ2) is 6.47. The molecule has 126 valence electrons. The first-order valence-electron chi connectivity index (χ1n) is 8.06. The Hall–Kier alpha value is -2.63. The van der Waals surface area contributed by atoms with Crippen LogP contribution in [0, 0.1) is 6.92 Å². The molecule has 6 nitrogen and oxygen atoms in total. The minimum absolute atomic E-state index is 0.156. The average molecular weight is 328 g/mol. The first kappa shape index (κ1) is 16.2. The second-order valence-electron chi connectivity index (χ2n) is 6.18. The van der Waals surface area contributed by atoms with Crippen LogP contribution < -0.4 is 5.32 Å². The average Bonchev–Trinajstić information content (AvgIpc) is 2.90. The van der Waals surface area contributed by atoms with E-state index in [1.807, 2.05) is 37.3 Å². The molecule has 0 aliphatic heterocycles. The van der Waals surface area contributed by atoms with E-state index in [1.54, 1.807) is 0 Å². The molecule has 0 bridgehead atoms. The Labute approximate surface area is 139 Å². The molecular formula is C18H20N2O4. The lowest BCUT2D eigenvalue weighted by Gasteiger charge is -2.38. The topological polar surface area (TPSA) is 92.4 Å². The molecule has 1 aromatic heterocycles. The highest BCUT2D eigenvalue weighted by Gasteiger charge is 2.45. The van der Waals surface area contributed by atoms with Crippen LogP contribution in [-0.4, -0.2) is 27.5 Å². The Morgan fingerprint density at radius 3 is 2.58 bits per heavy atom. The van der Waals surface area contributed by atoms with Gasteiger partial charge in [-0.15, -0.1) is 0 Å². The summed E-state index contributed by atoms with van der Waals surface area (Å²) in [4.78, 5) is 27.7. The molecule has 0 unspecified atom stereocenters. The van der Waals surface area contributed by atoms with Gasteiger partial charge in [0.25, 0.3) is 0 Å². The maximum Gasteiger partial charge on any atom is 0.329 e. The Balaban J connectivity index is 1.61. The van der Waals surface area contributed by atoms with Gasteiger partial charge < -0.3 is 14.8 Å². The van der Waals surface area contributed by atoms with E-state index < -0.39 is 11.5 Å². The largest absolute Gasteiger partial charge is 0.480 e. The standard InChI is InChI=1S/C18H20N2O4/c1-12-16(13-6-3-2-4-7-13)24-15(19-12)9-8-14(21)20-18(17(22)23)10-5-11-18/h2-4,6-7H,5,8-11H2,1H3,(H,20,21)(H,22,23). The number of aromatic nitrogens is 1. The molecule has 24 heavy (non-hydrogen) atoms. The molecule has 1 amide bonds. The molecule has 1 saturated carbocycles. The molecule has 0 atom stereocenters. The van der Waals surface area contributed by atoms with Gasteiger partial charge in [-0.05, 0) is 26.2 Å². The lowest BCUT2D eigenvalue weighted by atomic mass is 9.76. The molecule has 3 rings (SSSR count). The van der Waals surface area contributed by atoms with Crippen LogP contribution in [0.15, 0.2) is 34.7 Å². The summed E-state index contributed by atoms with van der Waals surface area (Å²) >= 11 is 0. The first-order chi connectivity index (χ1) is 11.5. The van der Waals surface area contributed by atoms with Crippen LogP contribution in [-0.2, 0) is 16.0 Å². The Bertz CT molecular complexity index is 748. The highest BCUT2D eigenvalue weighted by atomic mass is 16.4. The van der Waals surface area contributed by atoms with Crippen molar-refractivity contribution in [1.82, 2.24) is 10.3 Å². The molecule has 0 radical (unpaired) electrons. The summed E-state index contributed by atoms with van der Waals surface area (Å²) in [7, 11) is 0. The molecule has 2 aromatic rings. The number of nitrogens with one attached hydrogen (secondary N) is 1. The summed E-state index contributed by atoms with van der Waals surface area (Å²) in [6.45, 7) is 1.86. The molecule has 6 heteroatoms. The second-order valence-corrected chi connectivity index (χ2v) is 6.18. The number of carboxylic acids is 1. The minimum Gasteiger partial charge on any atom is -0.480 e. The number of aliphatic carboxylic acids is 1. The van der Waals surface area contributed by atoms with Crippen molar-refractivity contribution in [3.8, 4) is 11.3 Å². The number of hydrogen-bond donors (Lipinski definition) is 2. The third-order valence-corrected chi connectivity index (χ3v) is 4.44. The summed E-state index contributed by atoms with van der Waals surface area (Å²) in [6, 6.07) is 9.66. The number of nitrogens with zero attached hydrogens (tertiary/aromatic N) is 1. The molecular weight excluding hydrogens is 308 g/mol. The molecule has 1 aromatic carbocycles. The zero-order valence-corrected chi connectivity index (χ0v) is 13.5.